The van der Waals surface area contributed by atoms with E-state index in [4.69, 9.17) is 5.11 Å². The Hall–Kier alpha value is -0.990. The average molecular weight is 144 g/mol. The van der Waals surface area contributed by atoms with Gasteiger partial charge in [-0.05, 0) is 5.92 Å². The number of aliphatic hydroxyl groups is 1. The third kappa shape index (κ3) is 2.09. The third-order valence-electron chi connectivity index (χ3n) is 1.18. The van der Waals surface area contributed by atoms with E-state index >= 15 is 0 Å². The summed E-state index contributed by atoms with van der Waals surface area (Å²) in [6, 6.07) is 0. The summed E-state index contributed by atoms with van der Waals surface area (Å²) in [6.07, 6.45) is 0.788. The Bertz CT molecular complexity index is 147. The SMILES string of the molecule is COC(=O)/C(=C\O)C(C)C. The van der Waals surface area contributed by atoms with Gasteiger partial charge in [-0.1, -0.05) is 13.8 Å². The van der Waals surface area contributed by atoms with Crippen LogP contribution >= 0.6 is 0 Å². The van der Waals surface area contributed by atoms with Crippen LogP contribution in [0.1, 0.15) is 13.8 Å². The number of aliphatic hydroxyl groups excluding tert-OH is 1. The van der Waals surface area contributed by atoms with Crippen LogP contribution in [0.15, 0.2) is 11.8 Å². The highest BCUT2D eigenvalue weighted by Gasteiger charge is 2.12. The molecule has 0 saturated heterocycles. The van der Waals surface area contributed by atoms with Crippen LogP contribution in [0, 0.1) is 5.92 Å². The van der Waals surface area contributed by atoms with Crippen LogP contribution in [-0.4, -0.2) is 18.2 Å². The molecule has 0 aromatic heterocycles. The molecule has 0 rings (SSSR count). The van der Waals surface area contributed by atoms with E-state index in [1.807, 2.05) is 0 Å². The second-order valence-corrected chi connectivity index (χ2v) is 2.23. The highest BCUT2D eigenvalue weighted by Crippen LogP contribution is 2.09. The lowest BCUT2D eigenvalue weighted by atomic mass is 10.1. The van der Waals surface area contributed by atoms with Crippen molar-refractivity contribution in [2.75, 3.05) is 7.11 Å². The molecule has 0 aliphatic heterocycles. The lowest BCUT2D eigenvalue weighted by molar-refractivity contribution is -0.136. The molecular formula is C7H12O3. The summed E-state index contributed by atoms with van der Waals surface area (Å²) in [4.78, 5) is 10.7. The molecule has 0 saturated carbocycles. The van der Waals surface area contributed by atoms with Crippen LogP contribution in [0.25, 0.3) is 0 Å². The fourth-order valence-electron chi connectivity index (χ4n) is 0.555. The maximum absolute atomic E-state index is 10.7. The minimum absolute atomic E-state index is 0.00236. The quantitative estimate of drug-likeness (QED) is 0.360. The van der Waals surface area contributed by atoms with Crippen molar-refractivity contribution in [3.05, 3.63) is 11.8 Å². The Morgan fingerprint density at radius 1 is 1.60 bits per heavy atom. The van der Waals surface area contributed by atoms with E-state index < -0.39 is 5.97 Å². The molecule has 0 aliphatic carbocycles. The summed E-state index contributed by atoms with van der Waals surface area (Å²) in [7, 11) is 1.29. The normalized spacial score (nSPS) is 11.8. The van der Waals surface area contributed by atoms with Gasteiger partial charge in [-0.15, -0.1) is 0 Å². The van der Waals surface area contributed by atoms with Gasteiger partial charge in [-0.3, -0.25) is 0 Å². The van der Waals surface area contributed by atoms with E-state index in [9.17, 15) is 4.79 Å². The lowest BCUT2D eigenvalue weighted by Crippen LogP contribution is -2.09. The van der Waals surface area contributed by atoms with Gasteiger partial charge in [0.2, 0.25) is 0 Å². The number of hydrogen-bond donors (Lipinski definition) is 1. The van der Waals surface area contributed by atoms with Gasteiger partial charge < -0.3 is 9.84 Å². The van der Waals surface area contributed by atoms with Gasteiger partial charge in [0.25, 0.3) is 0 Å². The molecule has 0 fully saturated rings. The van der Waals surface area contributed by atoms with Crippen molar-refractivity contribution in [1.82, 2.24) is 0 Å². The molecule has 1 N–H and O–H groups in total. The van der Waals surface area contributed by atoms with Gasteiger partial charge in [0.05, 0.1) is 18.9 Å². The first-order chi connectivity index (χ1) is 4.63. The van der Waals surface area contributed by atoms with Crippen molar-refractivity contribution in [2.24, 2.45) is 5.92 Å². The third-order valence-corrected chi connectivity index (χ3v) is 1.18. The van der Waals surface area contributed by atoms with Crippen LogP contribution in [0.4, 0.5) is 0 Å². The number of carbonyl (C=O) groups is 1. The van der Waals surface area contributed by atoms with Crippen LogP contribution in [-0.2, 0) is 9.53 Å². The molecule has 10 heavy (non-hydrogen) atoms. The first kappa shape index (κ1) is 9.01. The van der Waals surface area contributed by atoms with Crippen molar-refractivity contribution < 1.29 is 14.6 Å². The Kier molecular flexibility index (Phi) is 3.54. The van der Waals surface area contributed by atoms with E-state index in [0.29, 0.717) is 5.57 Å². The van der Waals surface area contributed by atoms with Crippen LogP contribution in [0.2, 0.25) is 0 Å². The smallest absolute Gasteiger partial charge is 0.337 e. The van der Waals surface area contributed by atoms with Crippen molar-refractivity contribution in [2.45, 2.75) is 13.8 Å². The van der Waals surface area contributed by atoms with Gasteiger partial charge in [0.1, 0.15) is 0 Å². The average Bonchev–Trinajstić information content (AvgIpc) is 1.88. The van der Waals surface area contributed by atoms with E-state index in [0.717, 1.165) is 6.26 Å². The van der Waals surface area contributed by atoms with Crippen molar-refractivity contribution in [1.29, 1.82) is 0 Å². The Labute approximate surface area is 60.3 Å². The molecule has 0 amide bonds. The molecule has 0 bridgehead atoms. The lowest BCUT2D eigenvalue weighted by Gasteiger charge is -2.05. The van der Waals surface area contributed by atoms with Crippen molar-refractivity contribution >= 4 is 5.97 Å². The largest absolute Gasteiger partial charge is 0.515 e. The first-order valence-electron chi connectivity index (χ1n) is 3.06. The van der Waals surface area contributed by atoms with Gasteiger partial charge in [0, 0.05) is 0 Å². The molecule has 0 spiro atoms. The minimum atomic E-state index is -0.475. The van der Waals surface area contributed by atoms with E-state index in [1.165, 1.54) is 7.11 Å². The second-order valence-electron chi connectivity index (χ2n) is 2.23. The Balaban J connectivity index is 4.24. The number of rotatable bonds is 2. The molecule has 0 heterocycles. The van der Waals surface area contributed by atoms with E-state index in [2.05, 4.69) is 4.74 Å². The highest BCUT2D eigenvalue weighted by atomic mass is 16.5. The molecular weight excluding hydrogens is 132 g/mol. The summed E-state index contributed by atoms with van der Waals surface area (Å²) in [6.45, 7) is 3.61. The fraction of sp³-hybridized carbons (Fsp3) is 0.571. The predicted octanol–water partition coefficient (Wildman–Crippen LogP) is 1.26. The maximum Gasteiger partial charge on any atom is 0.337 e. The molecule has 0 atom stereocenters. The molecule has 0 radical (unpaired) electrons. The zero-order valence-corrected chi connectivity index (χ0v) is 6.42. The zero-order valence-electron chi connectivity index (χ0n) is 6.42. The van der Waals surface area contributed by atoms with E-state index in [-0.39, 0.29) is 5.92 Å². The highest BCUT2D eigenvalue weighted by molar-refractivity contribution is 5.88. The second kappa shape index (κ2) is 3.93. The van der Waals surface area contributed by atoms with Crippen LogP contribution in [0.3, 0.4) is 0 Å². The zero-order chi connectivity index (χ0) is 8.15. The van der Waals surface area contributed by atoms with Gasteiger partial charge in [-0.2, -0.15) is 0 Å². The molecule has 0 aromatic rings. The fourth-order valence-corrected chi connectivity index (χ4v) is 0.555. The number of esters is 1. The number of ether oxygens (including phenoxy) is 1. The summed E-state index contributed by atoms with van der Waals surface area (Å²) >= 11 is 0. The predicted molar refractivity (Wildman–Crippen MR) is 37.6 cm³/mol. The monoisotopic (exact) mass is 144 g/mol. The molecule has 0 aromatic carbocycles. The van der Waals surface area contributed by atoms with Crippen LogP contribution < -0.4 is 0 Å². The van der Waals surface area contributed by atoms with Crippen LogP contribution in [0.5, 0.6) is 0 Å². The molecule has 58 valence electrons. The number of methoxy groups -OCH3 is 1. The summed E-state index contributed by atoms with van der Waals surface area (Å²) in [5.74, 6) is -0.477. The summed E-state index contributed by atoms with van der Waals surface area (Å²) < 4.78 is 4.40. The summed E-state index contributed by atoms with van der Waals surface area (Å²) in [5.41, 5.74) is 0.294. The van der Waals surface area contributed by atoms with Crippen molar-refractivity contribution in [3.8, 4) is 0 Å². The minimum Gasteiger partial charge on any atom is -0.515 e. The number of carbonyl (C=O) groups excluding carboxylic acids is 1. The topological polar surface area (TPSA) is 46.5 Å². The molecule has 3 heteroatoms. The van der Waals surface area contributed by atoms with Crippen molar-refractivity contribution in [3.63, 3.8) is 0 Å². The first-order valence-corrected chi connectivity index (χ1v) is 3.06. The van der Waals surface area contributed by atoms with E-state index in [1.54, 1.807) is 13.8 Å². The summed E-state index contributed by atoms with van der Waals surface area (Å²) in [5, 5.41) is 8.54. The van der Waals surface area contributed by atoms with Gasteiger partial charge in [0.15, 0.2) is 0 Å². The maximum atomic E-state index is 10.7. The van der Waals surface area contributed by atoms with Gasteiger partial charge in [-0.25, -0.2) is 4.79 Å². The Morgan fingerprint density at radius 2 is 2.10 bits per heavy atom. The standard InChI is InChI=1S/C7H12O3/c1-5(2)6(4-8)7(9)10-3/h4-5,8H,1-3H3/b6-4-. The molecule has 3 nitrogen and oxygen atoms in total. The molecule has 0 aliphatic rings. The number of hydrogen-bond acceptors (Lipinski definition) is 3. The molecule has 0 unspecified atom stereocenters. The Morgan fingerprint density at radius 3 is 2.20 bits per heavy atom. The van der Waals surface area contributed by atoms with Gasteiger partial charge >= 0.3 is 5.97 Å².